The first-order valence-corrected chi connectivity index (χ1v) is 11.9. The minimum atomic E-state index is 0.643. The number of aromatic nitrogens is 2. The molecule has 0 saturated heterocycles. The van der Waals surface area contributed by atoms with E-state index in [4.69, 9.17) is 19.2 Å². The van der Waals surface area contributed by atoms with Gasteiger partial charge in [0.05, 0.1) is 30.0 Å². The average Bonchev–Trinajstić information content (AvgIpc) is 3.25. The van der Waals surface area contributed by atoms with Gasteiger partial charge in [0.25, 0.3) is 0 Å². The number of hydrogen-bond donors (Lipinski definition) is 1. The predicted molar refractivity (Wildman–Crippen MR) is 130 cm³/mol. The number of ether oxygens (including phenoxy) is 3. The van der Waals surface area contributed by atoms with Crippen LogP contribution < -0.4 is 19.5 Å². The monoisotopic (exact) mass is 449 g/mol. The van der Waals surface area contributed by atoms with Crippen LogP contribution in [0, 0.1) is 5.92 Å². The molecule has 7 heteroatoms. The first kappa shape index (κ1) is 20.8. The van der Waals surface area contributed by atoms with Gasteiger partial charge in [-0.3, -0.25) is 4.98 Å². The van der Waals surface area contributed by atoms with Crippen molar-refractivity contribution in [3.8, 4) is 23.0 Å². The van der Waals surface area contributed by atoms with Crippen LogP contribution in [0.25, 0.3) is 21.1 Å². The van der Waals surface area contributed by atoms with Gasteiger partial charge in [-0.05, 0) is 43.0 Å². The Morgan fingerprint density at radius 2 is 1.75 bits per heavy atom. The summed E-state index contributed by atoms with van der Waals surface area (Å²) in [6, 6.07) is 11.6. The van der Waals surface area contributed by atoms with Crippen molar-refractivity contribution in [3.63, 3.8) is 0 Å². The normalized spacial score (nSPS) is 14.6. The first-order chi connectivity index (χ1) is 15.7. The minimum absolute atomic E-state index is 0.643. The topological polar surface area (TPSA) is 65.5 Å². The Morgan fingerprint density at radius 1 is 0.938 bits per heavy atom. The maximum absolute atomic E-state index is 6.26. The Morgan fingerprint density at radius 3 is 2.56 bits per heavy atom. The average molecular weight is 450 g/mol. The number of fused-ring (bicyclic) bond motifs is 2. The van der Waals surface area contributed by atoms with E-state index in [0.717, 1.165) is 50.2 Å². The van der Waals surface area contributed by atoms with Gasteiger partial charge < -0.3 is 19.5 Å². The largest absolute Gasteiger partial charge is 0.493 e. The molecule has 166 valence electrons. The van der Waals surface area contributed by atoms with E-state index >= 15 is 0 Å². The number of anilines is 1. The molecule has 32 heavy (non-hydrogen) atoms. The molecule has 2 heterocycles. The van der Waals surface area contributed by atoms with Crippen LogP contribution in [-0.4, -0.2) is 30.7 Å². The van der Waals surface area contributed by atoms with Gasteiger partial charge in [-0.15, -0.1) is 0 Å². The third-order valence-electron chi connectivity index (χ3n) is 6.06. The van der Waals surface area contributed by atoms with Crippen LogP contribution in [0.1, 0.15) is 32.1 Å². The van der Waals surface area contributed by atoms with E-state index in [2.05, 4.69) is 10.3 Å². The summed E-state index contributed by atoms with van der Waals surface area (Å²) in [7, 11) is 3.24. The molecule has 0 bridgehead atoms. The second-order valence-corrected chi connectivity index (χ2v) is 9.20. The molecule has 1 N–H and O–H groups in total. The second-order valence-electron chi connectivity index (χ2n) is 8.17. The number of nitrogens with one attached hydrogen (secondary N) is 1. The molecule has 6 nitrogen and oxygen atoms in total. The van der Waals surface area contributed by atoms with Gasteiger partial charge in [0.2, 0.25) is 0 Å². The quantitative estimate of drug-likeness (QED) is 0.341. The van der Waals surface area contributed by atoms with Crippen LogP contribution in [0.4, 0.5) is 5.13 Å². The molecule has 2 aromatic carbocycles. The van der Waals surface area contributed by atoms with Crippen LogP contribution in [0.3, 0.4) is 0 Å². The van der Waals surface area contributed by atoms with Gasteiger partial charge in [0, 0.05) is 30.3 Å². The summed E-state index contributed by atoms with van der Waals surface area (Å²) in [6.45, 7) is 1.01. The van der Waals surface area contributed by atoms with Crippen LogP contribution >= 0.6 is 11.3 Å². The van der Waals surface area contributed by atoms with Gasteiger partial charge in [0.15, 0.2) is 16.6 Å². The lowest BCUT2D eigenvalue weighted by atomic mass is 9.89. The Hall–Kier alpha value is -3.06. The van der Waals surface area contributed by atoms with Gasteiger partial charge in [-0.1, -0.05) is 30.6 Å². The molecule has 1 fully saturated rings. The summed E-state index contributed by atoms with van der Waals surface area (Å²) >= 11 is 1.67. The van der Waals surface area contributed by atoms with Gasteiger partial charge in [-0.25, -0.2) is 4.98 Å². The van der Waals surface area contributed by atoms with Crippen molar-refractivity contribution in [2.75, 3.05) is 26.1 Å². The van der Waals surface area contributed by atoms with Crippen molar-refractivity contribution in [2.45, 2.75) is 32.1 Å². The maximum Gasteiger partial charge on any atom is 0.183 e. The second kappa shape index (κ2) is 9.20. The number of methoxy groups -OCH3 is 2. The molecule has 1 aliphatic rings. The Bertz CT molecular complexity index is 1230. The number of benzene rings is 2. The van der Waals surface area contributed by atoms with Crippen molar-refractivity contribution in [1.82, 2.24) is 9.97 Å². The molecule has 0 atom stereocenters. The Balaban J connectivity index is 1.37. The van der Waals surface area contributed by atoms with Crippen molar-refractivity contribution in [3.05, 3.63) is 42.6 Å². The summed E-state index contributed by atoms with van der Waals surface area (Å²) in [5.74, 6) is 3.54. The third-order valence-corrected chi connectivity index (χ3v) is 7.04. The van der Waals surface area contributed by atoms with Crippen molar-refractivity contribution >= 4 is 37.6 Å². The highest BCUT2D eigenvalue weighted by Gasteiger charge is 2.15. The zero-order valence-corrected chi connectivity index (χ0v) is 19.2. The van der Waals surface area contributed by atoms with Crippen molar-refractivity contribution < 1.29 is 14.2 Å². The maximum atomic E-state index is 6.26. The SMILES string of the molecule is COc1cc2nccc(Oc3ccc4nc(NCC5CCCCC5)sc4c3)c2cc1OC. The summed E-state index contributed by atoms with van der Waals surface area (Å²) in [4.78, 5) is 9.20. The highest BCUT2D eigenvalue weighted by molar-refractivity contribution is 7.22. The van der Waals surface area contributed by atoms with Crippen LogP contribution in [0.5, 0.6) is 23.0 Å². The highest BCUT2D eigenvalue weighted by Crippen LogP contribution is 2.38. The molecule has 0 spiro atoms. The molecular formula is C25H27N3O3S. The fourth-order valence-electron chi connectivity index (χ4n) is 4.33. The number of rotatable bonds is 7. The number of hydrogen-bond acceptors (Lipinski definition) is 7. The lowest BCUT2D eigenvalue weighted by Crippen LogP contribution is -2.16. The van der Waals surface area contributed by atoms with E-state index in [0.29, 0.717) is 11.5 Å². The molecule has 0 radical (unpaired) electrons. The van der Waals surface area contributed by atoms with Crippen LogP contribution in [0.2, 0.25) is 0 Å². The molecule has 0 aliphatic heterocycles. The lowest BCUT2D eigenvalue weighted by Gasteiger charge is -2.21. The molecule has 0 unspecified atom stereocenters. The van der Waals surface area contributed by atoms with E-state index in [1.54, 1.807) is 31.8 Å². The lowest BCUT2D eigenvalue weighted by molar-refractivity contribution is 0.355. The highest BCUT2D eigenvalue weighted by atomic mass is 32.1. The fourth-order valence-corrected chi connectivity index (χ4v) is 5.23. The Labute approximate surface area is 191 Å². The predicted octanol–water partition coefficient (Wildman–Crippen LogP) is 6.65. The van der Waals surface area contributed by atoms with E-state index in [1.807, 2.05) is 36.4 Å². The molecule has 1 saturated carbocycles. The van der Waals surface area contributed by atoms with Crippen LogP contribution in [-0.2, 0) is 0 Å². The van der Waals surface area contributed by atoms with Gasteiger partial charge >= 0.3 is 0 Å². The van der Waals surface area contributed by atoms with Crippen molar-refractivity contribution in [1.29, 1.82) is 0 Å². The van der Waals surface area contributed by atoms with E-state index < -0.39 is 0 Å². The zero-order chi connectivity index (χ0) is 21.9. The standard InChI is InChI=1S/C25H27N3O3S/c1-29-22-13-18-20(14-23(22)30-2)26-11-10-21(18)31-17-8-9-19-24(12-17)32-25(28-19)27-15-16-6-4-3-5-7-16/h8-14,16H,3-7,15H2,1-2H3,(H,27,28). The molecule has 1 aliphatic carbocycles. The minimum Gasteiger partial charge on any atom is -0.493 e. The number of pyridine rings is 1. The molecule has 4 aromatic rings. The van der Waals surface area contributed by atoms with E-state index in [-0.39, 0.29) is 0 Å². The summed E-state index contributed by atoms with van der Waals surface area (Å²) in [5.41, 5.74) is 1.77. The first-order valence-electron chi connectivity index (χ1n) is 11.1. The fraction of sp³-hybridized carbons (Fsp3) is 0.360. The molecular weight excluding hydrogens is 422 g/mol. The molecule has 2 aromatic heterocycles. The van der Waals surface area contributed by atoms with Gasteiger partial charge in [0.1, 0.15) is 11.5 Å². The van der Waals surface area contributed by atoms with Crippen molar-refractivity contribution in [2.24, 2.45) is 5.92 Å². The van der Waals surface area contributed by atoms with E-state index in [1.165, 1.54) is 32.1 Å². The molecule has 0 amide bonds. The van der Waals surface area contributed by atoms with E-state index in [9.17, 15) is 0 Å². The summed E-state index contributed by atoms with van der Waals surface area (Å²) < 4.78 is 18.2. The smallest absolute Gasteiger partial charge is 0.183 e. The number of nitrogens with zero attached hydrogens (tertiary/aromatic N) is 2. The number of thiazole rings is 1. The summed E-state index contributed by atoms with van der Waals surface area (Å²) in [5, 5.41) is 5.40. The summed E-state index contributed by atoms with van der Waals surface area (Å²) in [6.07, 6.45) is 8.49. The molecule has 5 rings (SSSR count). The third kappa shape index (κ3) is 4.30. The van der Waals surface area contributed by atoms with Crippen LogP contribution in [0.15, 0.2) is 42.6 Å². The zero-order valence-electron chi connectivity index (χ0n) is 18.4. The Kier molecular flexibility index (Phi) is 5.99. The van der Waals surface area contributed by atoms with Gasteiger partial charge in [-0.2, -0.15) is 0 Å².